The second-order valence-corrected chi connectivity index (χ2v) is 7.75. The first-order valence-corrected chi connectivity index (χ1v) is 10.9. The van der Waals surface area contributed by atoms with Gasteiger partial charge in [0, 0.05) is 11.1 Å². The van der Waals surface area contributed by atoms with E-state index in [-0.39, 0.29) is 36.1 Å². The summed E-state index contributed by atoms with van der Waals surface area (Å²) in [4.78, 5) is 28.1. The molecule has 1 amide bonds. The maximum Gasteiger partial charge on any atom is 0.341 e. The summed E-state index contributed by atoms with van der Waals surface area (Å²) in [7, 11) is 2.84. The van der Waals surface area contributed by atoms with E-state index < -0.39 is 18.4 Å². The van der Waals surface area contributed by atoms with Crippen LogP contribution in [-0.4, -0.2) is 43.5 Å². The van der Waals surface area contributed by atoms with Crippen LogP contribution in [0.4, 0.5) is 4.39 Å². The number of hydrogen-bond donors (Lipinski definition) is 2. The molecule has 2 N–H and O–H groups in total. The van der Waals surface area contributed by atoms with E-state index in [2.05, 4.69) is 10.3 Å². The van der Waals surface area contributed by atoms with Gasteiger partial charge in [-0.05, 0) is 54.1 Å². The lowest BCUT2D eigenvalue weighted by Gasteiger charge is -2.14. The summed E-state index contributed by atoms with van der Waals surface area (Å²) in [6.07, 6.45) is 3.20. The van der Waals surface area contributed by atoms with Crippen LogP contribution in [0.5, 0.6) is 17.2 Å². The number of nitrogens with zero attached hydrogens (tertiary/aromatic N) is 1. The smallest absolute Gasteiger partial charge is 0.341 e. The minimum Gasteiger partial charge on any atom is -0.493 e. The van der Waals surface area contributed by atoms with Gasteiger partial charge in [-0.25, -0.2) is 9.18 Å². The Morgan fingerprint density at radius 2 is 1.86 bits per heavy atom. The molecule has 3 aromatic rings. The minimum atomic E-state index is -1.14. The highest BCUT2D eigenvalue weighted by Gasteiger charge is 2.24. The van der Waals surface area contributed by atoms with Crippen molar-refractivity contribution in [3.05, 3.63) is 77.0 Å². The topological polar surface area (TPSA) is 120 Å². The quantitative estimate of drug-likeness (QED) is 0.439. The molecule has 2 aromatic carbocycles. The molecule has 0 radical (unpaired) electrons. The molecule has 0 aliphatic carbocycles. The number of carboxylic acid groups (broad SMARTS) is 1. The Bertz CT molecular complexity index is 1320. The van der Waals surface area contributed by atoms with Gasteiger partial charge < -0.3 is 29.1 Å². The predicted molar refractivity (Wildman–Crippen MR) is 129 cm³/mol. The van der Waals surface area contributed by atoms with Crippen molar-refractivity contribution in [3.8, 4) is 17.2 Å². The average molecular weight is 494 g/mol. The number of rotatable bonds is 10. The number of furan rings is 1. The number of benzene rings is 2. The van der Waals surface area contributed by atoms with E-state index >= 15 is 0 Å². The number of ether oxygens (including phenoxy) is 3. The number of carbonyl (C=O) groups excluding carboxylic acids is 1. The standard InChI is InChI=1S/C26H23FN2O7/c1-33-22-9-15(10-23(34-2)26(22)36-14-25(31)32)8-20-18-6-5-16(27)11-19(18)21(29-20)12-24(30)28-13-17-4-3-7-35-17/h3-11H,12-14H2,1-2H3,(H,28,30)(H,31,32)/b20-8+. The number of fused-ring (bicyclic) bond motifs is 1. The van der Waals surface area contributed by atoms with Crippen LogP contribution in [0.15, 0.2) is 58.1 Å². The van der Waals surface area contributed by atoms with Gasteiger partial charge in [0.05, 0.1) is 44.9 Å². The summed E-state index contributed by atoms with van der Waals surface area (Å²) < 4.78 is 35.3. The van der Waals surface area contributed by atoms with E-state index in [4.69, 9.17) is 23.7 Å². The number of nitrogens with one attached hydrogen (secondary N) is 1. The molecule has 0 saturated heterocycles. The molecule has 1 aliphatic rings. The third-order valence-electron chi connectivity index (χ3n) is 5.32. The zero-order valence-electron chi connectivity index (χ0n) is 19.5. The molecule has 10 heteroatoms. The van der Waals surface area contributed by atoms with Gasteiger partial charge in [-0.3, -0.25) is 9.79 Å². The van der Waals surface area contributed by atoms with Crippen molar-refractivity contribution in [2.75, 3.05) is 20.8 Å². The fourth-order valence-corrected chi connectivity index (χ4v) is 3.72. The first-order valence-electron chi connectivity index (χ1n) is 10.9. The summed E-state index contributed by atoms with van der Waals surface area (Å²) in [6.45, 7) is -0.338. The zero-order chi connectivity index (χ0) is 25.7. The first-order chi connectivity index (χ1) is 17.4. The molecular weight excluding hydrogens is 471 g/mol. The third kappa shape index (κ3) is 5.54. The zero-order valence-corrected chi connectivity index (χ0v) is 19.5. The van der Waals surface area contributed by atoms with Crippen molar-refractivity contribution < 1.29 is 37.7 Å². The van der Waals surface area contributed by atoms with Crippen LogP contribution in [0.2, 0.25) is 0 Å². The summed E-state index contributed by atoms with van der Waals surface area (Å²) in [5, 5.41) is 11.7. The number of carboxylic acids is 1. The SMILES string of the molecule is COc1cc(/C=C2/N=C(CC(=O)NCc3ccco3)c3cc(F)ccc32)cc(OC)c1OCC(=O)O. The normalized spacial score (nSPS) is 13.2. The van der Waals surface area contributed by atoms with Crippen molar-refractivity contribution in [2.24, 2.45) is 4.99 Å². The Kier molecular flexibility index (Phi) is 7.33. The summed E-state index contributed by atoms with van der Waals surface area (Å²) in [6, 6.07) is 11.0. The van der Waals surface area contributed by atoms with E-state index in [9.17, 15) is 14.0 Å². The van der Waals surface area contributed by atoms with Gasteiger partial charge in [-0.2, -0.15) is 0 Å². The van der Waals surface area contributed by atoms with E-state index in [1.54, 1.807) is 36.4 Å². The number of halogens is 1. The predicted octanol–water partition coefficient (Wildman–Crippen LogP) is 3.91. The maximum absolute atomic E-state index is 14.1. The molecule has 1 aromatic heterocycles. The highest BCUT2D eigenvalue weighted by atomic mass is 19.1. The number of hydrogen-bond acceptors (Lipinski definition) is 7. The Labute approximate surface area is 205 Å². The fourth-order valence-electron chi connectivity index (χ4n) is 3.72. The lowest BCUT2D eigenvalue weighted by molar-refractivity contribution is -0.139. The molecule has 0 fully saturated rings. The summed E-state index contributed by atoms with van der Waals surface area (Å²) in [5.74, 6) is -0.581. The molecule has 186 valence electrons. The van der Waals surface area contributed by atoms with Gasteiger partial charge in [0.1, 0.15) is 11.6 Å². The van der Waals surface area contributed by atoms with Crippen LogP contribution in [0.3, 0.4) is 0 Å². The molecule has 0 unspecified atom stereocenters. The van der Waals surface area contributed by atoms with Crippen molar-refractivity contribution in [1.82, 2.24) is 5.32 Å². The van der Waals surface area contributed by atoms with Crippen molar-refractivity contribution >= 4 is 29.4 Å². The molecular formula is C26H23FN2O7. The minimum absolute atomic E-state index is 0.0525. The van der Waals surface area contributed by atoms with Crippen LogP contribution in [0.1, 0.15) is 28.9 Å². The Hall–Kier alpha value is -4.60. The molecule has 4 rings (SSSR count). The van der Waals surface area contributed by atoms with E-state index in [0.717, 1.165) is 0 Å². The van der Waals surface area contributed by atoms with Crippen molar-refractivity contribution in [2.45, 2.75) is 13.0 Å². The third-order valence-corrected chi connectivity index (χ3v) is 5.32. The average Bonchev–Trinajstić information content (AvgIpc) is 3.49. The van der Waals surface area contributed by atoms with Crippen LogP contribution in [-0.2, 0) is 16.1 Å². The monoisotopic (exact) mass is 494 g/mol. The summed E-state index contributed by atoms with van der Waals surface area (Å²) >= 11 is 0. The molecule has 9 nitrogen and oxygen atoms in total. The highest BCUT2D eigenvalue weighted by Crippen LogP contribution is 2.40. The van der Waals surface area contributed by atoms with Gasteiger partial charge in [-0.15, -0.1) is 0 Å². The Balaban J connectivity index is 1.64. The number of aliphatic carboxylic acids is 1. The molecule has 0 atom stereocenters. The van der Waals surface area contributed by atoms with Crippen LogP contribution in [0, 0.1) is 5.82 Å². The lowest BCUT2D eigenvalue weighted by Crippen LogP contribution is -2.25. The number of methoxy groups -OCH3 is 2. The second kappa shape index (κ2) is 10.8. The molecule has 0 saturated carbocycles. The van der Waals surface area contributed by atoms with E-state index in [1.807, 2.05) is 0 Å². The molecule has 0 bridgehead atoms. The van der Waals surface area contributed by atoms with E-state index in [1.165, 1.54) is 32.6 Å². The second-order valence-electron chi connectivity index (χ2n) is 7.75. The number of amides is 1. The first kappa shape index (κ1) is 24.5. The molecule has 1 aliphatic heterocycles. The molecule has 0 spiro atoms. The highest BCUT2D eigenvalue weighted by molar-refractivity contribution is 6.18. The molecule has 36 heavy (non-hydrogen) atoms. The Morgan fingerprint density at radius 1 is 1.11 bits per heavy atom. The molecule has 2 heterocycles. The van der Waals surface area contributed by atoms with Crippen molar-refractivity contribution in [1.29, 1.82) is 0 Å². The maximum atomic E-state index is 14.1. The number of carbonyl (C=O) groups is 2. The van der Waals surface area contributed by atoms with Gasteiger partial charge in [-0.1, -0.05) is 0 Å². The Morgan fingerprint density at radius 3 is 2.50 bits per heavy atom. The van der Waals surface area contributed by atoms with Crippen LogP contribution in [0.25, 0.3) is 11.8 Å². The number of aliphatic imine (C=N–C) groups is 1. The largest absolute Gasteiger partial charge is 0.493 e. The van der Waals surface area contributed by atoms with Crippen molar-refractivity contribution in [3.63, 3.8) is 0 Å². The van der Waals surface area contributed by atoms with Gasteiger partial charge in [0.15, 0.2) is 18.1 Å². The lowest BCUT2D eigenvalue weighted by atomic mass is 10.0. The van der Waals surface area contributed by atoms with Gasteiger partial charge >= 0.3 is 5.97 Å². The van der Waals surface area contributed by atoms with Crippen LogP contribution < -0.4 is 19.5 Å². The van der Waals surface area contributed by atoms with E-state index in [0.29, 0.717) is 33.9 Å². The summed E-state index contributed by atoms with van der Waals surface area (Å²) in [5.41, 5.74) is 2.74. The fraction of sp³-hybridized carbons (Fsp3) is 0.192. The van der Waals surface area contributed by atoms with Crippen LogP contribution >= 0.6 is 0 Å². The van der Waals surface area contributed by atoms with Gasteiger partial charge in [0.25, 0.3) is 0 Å². The van der Waals surface area contributed by atoms with Gasteiger partial charge in [0.2, 0.25) is 11.7 Å².